The van der Waals surface area contributed by atoms with Crippen LogP contribution in [0.15, 0.2) is 41.4 Å². The number of nitrogens with zero attached hydrogens (tertiary/aromatic N) is 3. The van der Waals surface area contributed by atoms with Crippen molar-refractivity contribution in [1.82, 2.24) is 14.8 Å². The summed E-state index contributed by atoms with van der Waals surface area (Å²) >= 11 is 12.0. The molecule has 1 fully saturated rings. The van der Waals surface area contributed by atoms with E-state index < -0.39 is 9.84 Å². The van der Waals surface area contributed by atoms with Crippen LogP contribution < -0.4 is 0 Å². The van der Waals surface area contributed by atoms with Gasteiger partial charge in [0.2, 0.25) is 0 Å². The van der Waals surface area contributed by atoms with E-state index in [0.29, 0.717) is 23.8 Å². The van der Waals surface area contributed by atoms with Crippen molar-refractivity contribution in [2.75, 3.05) is 32.4 Å². The molecule has 29 heavy (non-hydrogen) atoms. The van der Waals surface area contributed by atoms with E-state index in [2.05, 4.69) is 9.88 Å². The zero-order valence-electron chi connectivity index (χ0n) is 15.8. The van der Waals surface area contributed by atoms with Crippen LogP contribution in [0.1, 0.15) is 22.3 Å². The number of sulfone groups is 1. The quantitative estimate of drug-likeness (QED) is 0.628. The van der Waals surface area contributed by atoms with Crippen molar-refractivity contribution >= 4 is 51.4 Å². The molecule has 0 saturated carbocycles. The van der Waals surface area contributed by atoms with Gasteiger partial charge >= 0.3 is 0 Å². The Kier molecular flexibility index (Phi) is 8.31. The number of hydrogen-bond donors (Lipinski definition) is 0. The van der Waals surface area contributed by atoms with Crippen LogP contribution in [-0.4, -0.2) is 61.5 Å². The third-order valence-electron chi connectivity index (χ3n) is 4.67. The van der Waals surface area contributed by atoms with Crippen LogP contribution in [-0.2, 0) is 16.4 Å². The summed E-state index contributed by atoms with van der Waals surface area (Å²) in [6, 6.07) is 7.97. The van der Waals surface area contributed by atoms with Gasteiger partial charge < -0.3 is 4.90 Å². The molecule has 1 saturated heterocycles. The van der Waals surface area contributed by atoms with E-state index in [1.54, 1.807) is 17.2 Å². The Bertz CT molecular complexity index is 968. The predicted molar refractivity (Wildman–Crippen MR) is 117 cm³/mol. The van der Waals surface area contributed by atoms with Gasteiger partial charge in [0.25, 0.3) is 5.91 Å². The molecule has 1 amide bonds. The summed E-state index contributed by atoms with van der Waals surface area (Å²) in [5, 5.41) is 0.622. The molecule has 0 aliphatic carbocycles. The highest BCUT2D eigenvalue weighted by Crippen LogP contribution is 2.23. The molecule has 0 unspecified atom stereocenters. The number of rotatable bonds is 4. The standard InChI is InChI=1S/C19H21Cl2N3O3S.ClH/c1-28(26,27)15-4-5-16(17(20)11-15)19(25)24-8-2-7-23(9-10-24)13-14-3-6-18(21)22-12-14;/h3-6,11-12H,2,7-10,13H2,1H3;1H. The van der Waals surface area contributed by atoms with Crippen molar-refractivity contribution in [2.45, 2.75) is 17.9 Å². The number of carbonyl (C=O) groups is 1. The lowest BCUT2D eigenvalue weighted by Gasteiger charge is -2.22. The highest BCUT2D eigenvalue weighted by Gasteiger charge is 2.23. The van der Waals surface area contributed by atoms with Crippen molar-refractivity contribution < 1.29 is 13.2 Å². The summed E-state index contributed by atoms with van der Waals surface area (Å²) < 4.78 is 23.3. The second kappa shape index (κ2) is 10.1. The number of benzene rings is 1. The van der Waals surface area contributed by atoms with Crippen LogP contribution in [0, 0.1) is 0 Å². The number of aromatic nitrogens is 1. The Balaban J connectivity index is 0.00000300. The van der Waals surface area contributed by atoms with Gasteiger partial charge in [0.1, 0.15) is 5.15 Å². The number of hydrogen-bond acceptors (Lipinski definition) is 5. The SMILES string of the molecule is CS(=O)(=O)c1ccc(C(=O)N2CCCN(Cc3ccc(Cl)nc3)CC2)c(Cl)c1.Cl. The fourth-order valence-electron chi connectivity index (χ4n) is 3.16. The van der Waals surface area contributed by atoms with Crippen LogP contribution in [0.5, 0.6) is 0 Å². The van der Waals surface area contributed by atoms with E-state index >= 15 is 0 Å². The van der Waals surface area contributed by atoms with Crippen molar-refractivity contribution in [3.63, 3.8) is 0 Å². The first-order chi connectivity index (χ1) is 13.2. The van der Waals surface area contributed by atoms with Gasteiger partial charge in [-0.1, -0.05) is 29.3 Å². The highest BCUT2D eigenvalue weighted by molar-refractivity contribution is 7.90. The predicted octanol–water partition coefficient (Wildman–Crippen LogP) is 3.56. The molecule has 0 atom stereocenters. The monoisotopic (exact) mass is 477 g/mol. The molecule has 1 aromatic carbocycles. The fourth-order valence-corrected chi connectivity index (χ4v) is 4.25. The smallest absolute Gasteiger partial charge is 0.255 e. The van der Waals surface area contributed by atoms with Crippen LogP contribution in [0.4, 0.5) is 0 Å². The summed E-state index contributed by atoms with van der Waals surface area (Å²) in [6.07, 6.45) is 3.71. The van der Waals surface area contributed by atoms with E-state index in [1.165, 1.54) is 18.2 Å². The number of carbonyl (C=O) groups excluding carboxylic acids is 1. The number of pyridine rings is 1. The molecule has 6 nitrogen and oxygen atoms in total. The Morgan fingerprint density at radius 3 is 2.48 bits per heavy atom. The molecule has 0 bridgehead atoms. The first kappa shape index (κ1) is 23.9. The summed E-state index contributed by atoms with van der Waals surface area (Å²) in [6.45, 7) is 3.54. The summed E-state index contributed by atoms with van der Waals surface area (Å²) in [5.41, 5.74) is 1.40. The lowest BCUT2D eigenvalue weighted by atomic mass is 10.2. The van der Waals surface area contributed by atoms with E-state index in [1.807, 2.05) is 6.07 Å². The van der Waals surface area contributed by atoms with Gasteiger partial charge in [-0.25, -0.2) is 13.4 Å². The van der Waals surface area contributed by atoms with Crippen LogP contribution in [0.2, 0.25) is 10.2 Å². The largest absolute Gasteiger partial charge is 0.337 e. The molecular weight excluding hydrogens is 457 g/mol. The van der Waals surface area contributed by atoms with Gasteiger partial charge in [-0.3, -0.25) is 9.69 Å². The molecule has 158 valence electrons. The molecule has 0 spiro atoms. The van der Waals surface area contributed by atoms with Gasteiger partial charge in [-0.15, -0.1) is 12.4 Å². The Labute approximate surface area is 187 Å². The molecule has 1 aromatic heterocycles. The minimum atomic E-state index is -3.37. The minimum Gasteiger partial charge on any atom is -0.337 e. The number of amides is 1. The lowest BCUT2D eigenvalue weighted by molar-refractivity contribution is 0.0761. The maximum atomic E-state index is 12.9. The Morgan fingerprint density at radius 2 is 1.86 bits per heavy atom. The van der Waals surface area contributed by atoms with Crippen LogP contribution in [0.3, 0.4) is 0 Å². The van der Waals surface area contributed by atoms with Crippen LogP contribution in [0.25, 0.3) is 0 Å². The summed E-state index contributed by atoms with van der Waals surface area (Å²) in [7, 11) is -3.37. The van der Waals surface area contributed by atoms with Gasteiger partial charge in [0.05, 0.1) is 15.5 Å². The zero-order valence-corrected chi connectivity index (χ0v) is 19.0. The highest BCUT2D eigenvalue weighted by atomic mass is 35.5. The van der Waals surface area contributed by atoms with Crippen molar-refractivity contribution in [3.8, 4) is 0 Å². The average Bonchev–Trinajstić information content (AvgIpc) is 2.88. The van der Waals surface area contributed by atoms with Gasteiger partial charge in [0.15, 0.2) is 9.84 Å². The Hall–Kier alpha value is -1.38. The normalized spacial score (nSPS) is 15.5. The Morgan fingerprint density at radius 1 is 1.10 bits per heavy atom. The first-order valence-corrected chi connectivity index (χ1v) is 11.5. The van der Waals surface area contributed by atoms with E-state index in [0.717, 1.165) is 37.9 Å². The van der Waals surface area contributed by atoms with Crippen molar-refractivity contribution in [3.05, 3.63) is 57.8 Å². The van der Waals surface area contributed by atoms with Gasteiger partial charge in [-0.2, -0.15) is 0 Å². The van der Waals surface area contributed by atoms with Gasteiger partial charge in [-0.05, 0) is 36.2 Å². The molecule has 1 aliphatic rings. The third kappa shape index (κ3) is 6.30. The maximum Gasteiger partial charge on any atom is 0.255 e. The molecule has 3 rings (SSSR count). The molecule has 10 heteroatoms. The lowest BCUT2D eigenvalue weighted by Crippen LogP contribution is -2.35. The van der Waals surface area contributed by atoms with Gasteiger partial charge in [0, 0.05) is 45.2 Å². The third-order valence-corrected chi connectivity index (χ3v) is 6.32. The molecule has 0 N–H and O–H groups in total. The second-order valence-electron chi connectivity index (χ2n) is 6.82. The number of halogens is 3. The topological polar surface area (TPSA) is 70.6 Å². The fraction of sp³-hybridized carbons (Fsp3) is 0.368. The minimum absolute atomic E-state index is 0. The summed E-state index contributed by atoms with van der Waals surface area (Å²) in [4.78, 5) is 21.1. The van der Waals surface area contributed by atoms with E-state index in [-0.39, 0.29) is 28.2 Å². The van der Waals surface area contributed by atoms with Crippen molar-refractivity contribution in [1.29, 1.82) is 0 Å². The molecule has 0 radical (unpaired) electrons. The average molecular weight is 479 g/mol. The molecule has 2 heterocycles. The van der Waals surface area contributed by atoms with E-state index in [4.69, 9.17) is 23.2 Å². The summed E-state index contributed by atoms with van der Waals surface area (Å²) in [5.74, 6) is -0.180. The maximum absolute atomic E-state index is 12.9. The zero-order chi connectivity index (χ0) is 20.3. The van der Waals surface area contributed by atoms with Crippen LogP contribution >= 0.6 is 35.6 Å². The first-order valence-electron chi connectivity index (χ1n) is 8.86. The van der Waals surface area contributed by atoms with Crippen molar-refractivity contribution in [2.24, 2.45) is 0 Å². The molecule has 2 aromatic rings. The molecular formula is C19H22Cl3N3O3S. The van der Waals surface area contributed by atoms with E-state index in [9.17, 15) is 13.2 Å². The second-order valence-corrected chi connectivity index (χ2v) is 9.64. The molecule has 1 aliphatic heterocycles.